The van der Waals surface area contributed by atoms with Crippen molar-refractivity contribution in [2.75, 3.05) is 12.4 Å². The van der Waals surface area contributed by atoms with E-state index >= 15 is 0 Å². The van der Waals surface area contributed by atoms with Crippen LogP contribution in [0.4, 0.5) is 0 Å². The van der Waals surface area contributed by atoms with Crippen LogP contribution in [-0.2, 0) is 10.8 Å². The van der Waals surface area contributed by atoms with Gasteiger partial charge in [-0.2, -0.15) is 0 Å². The predicted octanol–water partition coefficient (Wildman–Crippen LogP) is 2.24. The average Bonchev–Trinajstić information content (AvgIpc) is 2.30. The van der Waals surface area contributed by atoms with Gasteiger partial charge < -0.3 is 10.5 Å². The lowest BCUT2D eigenvalue weighted by Crippen LogP contribution is -2.22. The standard InChI is InChI=1S/C13H21NO2S/c1-4-16-12-7-5-11(6-8-12)13(14)9-17(15)10(2)3/h5-8,10,13H,4,9,14H2,1-3H3. The molecule has 17 heavy (non-hydrogen) atoms. The summed E-state index contributed by atoms with van der Waals surface area (Å²) in [5, 5.41) is 0.156. The number of benzene rings is 1. The van der Waals surface area contributed by atoms with Gasteiger partial charge in [0.25, 0.3) is 0 Å². The summed E-state index contributed by atoms with van der Waals surface area (Å²) in [5.74, 6) is 1.35. The minimum Gasteiger partial charge on any atom is -0.494 e. The maximum absolute atomic E-state index is 11.7. The van der Waals surface area contributed by atoms with Crippen molar-refractivity contribution in [3.05, 3.63) is 29.8 Å². The summed E-state index contributed by atoms with van der Waals surface area (Å²) in [4.78, 5) is 0. The van der Waals surface area contributed by atoms with Crippen molar-refractivity contribution >= 4 is 10.8 Å². The van der Waals surface area contributed by atoms with E-state index in [2.05, 4.69) is 0 Å². The Balaban J connectivity index is 2.63. The molecule has 0 amide bonds. The van der Waals surface area contributed by atoms with Crippen molar-refractivity contribution in [2.24, 2.45) is 5.73 Å². The molecule has 4 heteroatoms. The lowest BCUT2D eigenvalue weighted by molar-refractivity contribution is 0.340. The molecule has 3 nitrogen and oxygen atoms in total. The molecule has 2 N–H and O–H groups in total. The van der Waals surface area contributed by atoms with E-state index in [9.17, 15) is 4.21 Å². The fraction of sp³-hybridized carbons (Fsp3) is 0.538. The highest BCUT2D eigenvalue weighted by molar-refractivity contribution is 7.85. The van der Waals surface area contributed by atoms with Gasteiger partial charge in [0.1, 0.15) is 5.75 Å². The summed E-state index contributed by atoms with van der Waals surface area (Å²) >= 11 is 0. The van der Waals surface area contributed by atoms with Crippen LogP contribution in [-0.4, -0.2) is 21.8 Å². The summed E-state index contributed by atoms with van der Waals surface area (Å²) < 4.78 is 17.1. The fourth-order valence-electron chi connectivity index (χ4n) is 1.44. The lowest BCUT2D eigenvalue weighted by atomic mass is 10.1. The molecule has 96 valence electrons. The third-order valence-electron chi connectivity index (χ3n) is 2.49. The maximum Gasteiger partial charge on any atom is 0.119 e. The van der Waals surface area contributed by atoms with Gasteiger partial charge in [-0.3, -0.25) is 4.21 Å². The van der Waals surface area contributed by atoms with Crippen molar-refractivity contribution in [1.82, 2.24) is 0 Å². The zero-order valence-electron chi connectivity index (χ0n) is 10.7. The highest BCUT2D eigenvalue weighted by Gasteiger charge is 2.13. The Kier molecular flexibility index (Phi) is 5.65. The van der Waals surface area contributed by atoms with E-state index in [-0.39, 0.29) is 11.3 Å². The molecule has 1 aromatic rings. The molecule has 2 unspecified atom stereocenters. The quantitative estimate of drug-likeness (QED) is 0.848. The van der Waals surface area contributed by atoms with E-state index in [1.807, 2.05) is 45.0 Å². The van der Waals surface area contributed by atoms with Crippen molar-refractivity contribution in [3.63, 3.8) is 0 Å². The minimum atomic E-state index is -0.867. The fourth-order valence-corrected chi connectivity index (χ4v) is 2.37. The zero-order chi connectivity index (χ0) is 12.8. The summed E-state index contributed by atoms with van der Waals surface area (Å²) in [6, 6.07) is 7.50. The van der Waals surface area contributed by atoms with Gasteiger partial charge in [-0.25, -0.2) is 0 Å². The first-order chi connectivity index (χ1) is 8.04. The van der Waals surface area contributed by atoms with Gasteiger partial charge >= 0.3 is 0 Å². The molecular formula is C13H21NO2S. The molecule has 0 radical (unpaired) electrons. The SMILES string of the molecule is CCOc1ccc(C(N)CS(=O)C(C)C)cc1. The summed E-state index contributed by atoms with van der Waals surface area (Å²) in [7, 11) is -0.867. The Bertz CT molecular complexity index is 362. The second-order valence-electron chi connectivity index (χ2n) is 4.20. The molecule has 2 atom stereocenters. The summed E-state index contributed by atoms with van der Waals surface area (Å²) in [6.07, 6.45) is 0. The van der Waals surface area contributed by atoms with Crippen LogP contribution in [0.25, 0.3) is 0 Å². The Morgan fingerprint density at radius 3 is 2.35 bits per heavy atom. The molecule has 0 aromatic heterocycles. The Labute approximate surface area is 106 Å². The van der Waals surface area contributed by atoms with Crippen molar-refractivity contribution in [1.29, 1.82) is 0 Å². The molecule has 0 aliphatic heterocycles. The number of rotatable bonds is 6. The number of hydrogen-bond donors (Lipinski definition) is 1. The van der Waals surface area contributed by atoms with Gasteiger partial charge in [-0.15, -0.1) is 0 Å². The molecule has 0 spiro atoms. The van der Waals surface area contributed by atoms with Crippen LogP contribution in [0.5, 0.6) is 5.75 Å². The van der Waals surface area contributed by atoms with E-state index in [0.29, 0.717) is 12.4 Å². The molecule has 1 rings (SSSR count). The van der Waals surface area contributed by atoms with Gasteiger partial charge in [0.2, 0.25) is 0 Å². The third-order valence-corrected chi connectivity index (χ3v) is 4.23. The highest BCUT2D eigenvalue weighted by Crippen LogP contribution is 2.17. The van der Waals surface area contributed by atoms with Gasteiger partial charge in [0, 0.05) is 27.8 Å². The molecule has 0 aliphatic rings. The average molecular weight is 255 g/mol. The number of nitrogens with two attached hydrogens (primary N) is 1. The molecule has 0 fully saturated rings. The van der Waals surface area contributed by atoms with Gasteiger partial charge in [0.05, 0.1) is 6.61 Å². The van der Waals surface area contributed by atoms with E-state index < -0.39 is 10.8 Å². The number of ether oxygens (including phenoxy) is 1. The predicted molar refractivity (Wildman–Crippen MR) is 72.7 cm³/mol. The van der Waals surface area contributed by atoms with Crippen LogP contribution in [0.15, 0.2) is 24.3 Å². The first-order valence-electron chi connectivity index (χ1n) is 5.90. The molecule has 0 saturated heterocycles. The van der Waals surface area contributed by atoms with Crippen LogP contribution in [0.1, 0.15) is 32.4 Å². The van der Waals surface area contributed by atoms with E-state index in [4.69, 9.17) is 10.5 Å². The third kappa shape index (κ3) is 4.48. The second-order valence-corrected chi connectivity index (χ2v) is 6.24. The van der Waals surface area contributed by atoms with Crippen LogP contribution < -0.4 is 10.5 Å². The molecule has 0 bridgehead atoms. The van der Waals surface area contributed by atoms with Crippen LogP contribution >= 0.6 is 0 Å². The largest absolute Gasteiger partial charge is 0.494 e. The van der Waals surface area contributed by atoms with Gasteiger partial charge in [-0.1, -0.05) is 26.0 Å². The zero-order valence-corrected chi connectivity index (χ0v) is 11.5. The van der Waals surface area contributed by atoms with E-state index in [0.717, 1.165) is 11.3 Å². The van der Waals surface area contributed by atoms with E-state index in [1.165, 1.54) is 0 Å². The maximum atomic E-state index is 11.7. The molecular weight excluding hydrogens is 234 g/mol. The van der Waals surface area contributed by atoms with Gasteiger partial charge in [-0.05, 0) is 24.6 Å². The Hall–Kier alpha value is -0.870. The van der Waals surface area contributed by atoms with Crippen LogP contribution in [0, 0.1) is 0 Å². The highest BCUT2D eigenvalue weighted by atomic mass is 32.2. The second kappa shape index (κ2) is 6.77. The van der Waals surface area contributed by atoms with Crippen LogP contribution in [0.2, 0.25) is 0 Å². The minimum absolute atomic E-state index is 0.156. The molecule has 0 heterocycles. The lowest BCUT2D eigenvalue weighted by Gasteiger charge is -2.14. The number of hydrogen-bond acceptors (Lipinski definition) is 3. The summed E-state index contributed by atoms with van der Waals surface area (Å²) in [5.41, 5.74) is 7.03. The first-order valence-corrected chi connectivity index (χ1v) is 7.28. The smallest absolute Gasteiger partial charge is 0.119 e. The normalized spacial score (nSPS) is 14.6. The van der Waals surface area contributed by atoms with Gasteiger partial charge in [0.15, 0.2) is 0 Å². The molecule has 0 saturated carbocycles. The van der Waals surface area contributed by atoms with Crippen molar-refractivity contribution in [2.45, 2.75) is 32.1 Å². The Morgan fingerprint density at radius 2 is 1.88 bits per heavy atom. The Morgan fingerprint density at radius 1 is 1.29 bits per heavy atom. The monoisotopic (exact) mass is 255 g/mol. The van der Waals surface area contributed by atoms with Crippen molar-refractivity contribution < 1.29 is 8.95 Å². The summed E-state index contributed by atoms with van der Waals surface area (Å²) in [6.45, 7) is 6.50. The molecule has 0 aliphatic carbocycles. The van der Waals surface area contributed by atoms with E-state index in [1.54, 1.807) is 0 Å². The van der Waals surface area contributed by atoms with Crippen LogP contribution in [0.3, 0.4) is 0 Å². The molecule has 1 aromatic carbocycles. The van der Waals surface area contributed by atoms with Crippen molar-refractivity contribution in [3.8, 4) is 5.75 Å². The topological polar surface area (TPSA) is 52.3 Å². The first kappa shape index (κ1) is 14.2.